The maximum absolute atomic E-state index is 12.5. The molecule has 3 heterocycles. The van der Waals surface area contributed by atoms with Crippen molar-refractivity contribution in [3.63, 3.8) is 0 Å². The molecule has 2 aromatic heterocycles. The van der Waals surface area contributed by atoms with Gasteiger partial charge in [-0.1, -0.05) is 19.1 Å². The maximum atomic E-state index is 12.5. The van der Waals surface area contributed by atoms with Gasteiger partial charge in [-0.3, -0.25) is 9.36 Å². The molecule has 0 saturated heterocycles. The Kier molecular flexibility index (Phi) is 4.79. The summed E-state index contributed by atoms with van der Waals surface area (Å²) in [6.45, 7) is 3.52. The van der Waals surface area contributed by atoms with Crippen molar-refractivity contribution in [2.75, 3.05) is 0 Å². The van der Waals surface area contributed by atoms with Crippen LogP contribution in [0.4, 0.5) is 0 Å². The molecule has 0 aliphatic carbocycles. The summed E-state index contributed by atoms with van der Waals surface area (Å²) < 4.78 is 5.17. The van der Waals surface area contributed by atoms with Crippen LogP contribution < -0.4 is 11.0 Å². The molecule has 0 radical (unpaired) electrons. The van der Waals surface area contributed by atoms with Gasteiger partial charge in [0.05, 0.1) is 17.4 Å². The first-order valence-corrected chi connectivity index (χ1v) is 9.51. The zero-order chi connectivity index (χ0) is 18.8. The van der Waals surface area contributed by atoms with E-state index in [1.807, 2.05) is 35.8 Å². The van der Waals surface area contributed by atoms with E-state index in [1.165, 1.54) is 0 Å². The van der Waals surface area contributed by atoms with Crippen LogP contribution in [0.15, 0.2) is 35.4 Å². The van der Waals surface area contributed by atoms with Gasteiger partial charge in [-0.25, -0.2) is 14.5 Å². The monoisotopic (exact) mass is 368 g/mol. The highest BCUT2D eigenvalue weighted by atomic mass is 16.2. The van der Waals surface area contributed by atoms with Crippen molar-refractivity contribution in [2.24, 2.45) is 0 Å². The molecule has 1 aromatic carbocycles. The number of rotatable bonds is 5. The third-order valence-corrected chi connectivity index (χ3v) is 5.06. The molecule has 4 rings (SSSR count). The molecule has 1 unspecified atom stereocenters. The molecule has 1 atom stereocenters. The second kappa shape index (κ2) is 7.38. The molecular formula is C19H24N6O2. The SMILES string of the molecule is CCCn1nc2n(c1=O)CCC(NC(=O)Cn1cnc3ccccc31)CC2. The molecular weight excluding hydrogens is 344 g/mol. The van der Waals surface area contributed by atoms with Crippen LogP contribution >= 0.6 is 0 Å². The summed E-state index contributed by atoms with van der Waals surface area (Å²) in [5, 5.41) is 7.56. The van der Waals surface area contributed by atoms with Gasteiger partial charge in [0.1, 0.15) is 12.4 Å². The van der Waals surface area contributed by atoms with E-state index in [2.05, 4.69) is 15.4 Å². The van der Waals surface area contributed by atoms with Crippen LogP contribution in [0.5, 0.6) is 0 Å². The fourth-order valence-corrected chi connectivity index (χ4v) is 3.69. The lowest BCUT2D eigenvalue weighted by atomic mass is 10.1. The first-order chi connectivity index (χ1) is 13.2. The Hall–Kier alpha value is -2.90. The third kappa shape index (κ3) is 3.51. The average molecular weight is 368 g/mol. The van der Waals surface area contributed by atoms with E-state index in [0.717, 1.165) is 36.1 Å². The Balaban J connectivity index is 1.39. The Morgan fingerprint density at radius 2 is 2.15 bits per heavy atom. The van der Waals surface area contributed by atoms with E-state index in [1.54, 1.807) is 15.6 Å². The molecule has 0 bridgehead atoms. The summed E-state index contributed by atoms with van der Waals surface area (Å²) in [6.07, 6.45) is 4.81. The van der Waals surface area contributed by atoms with E-state index in [-0.39, 0.29) is 24.2 Å². The second-order valence-corrected chi connectivity index (χ2v) is 7.03. The number of aryl methyl sites for hydroxylation is 2. The summed E-state index contributed by atoms with van der Waals surface area (Å²) in [7, 11) is 0. The summed E-state index contributed by atoms with van der Waals surface area (Å²) in [4.78, 5) is 29.2. The number of carbonyl (C=O) groups is 1. The van der Waals surface area contributed by atoms with E-state index in [9.17, 15) is 9.59 Å². The number of carbonyl (C=O) groups excluding carboxylic acids is 1. The molecule has 0 saturated carbocycles. The zero-order valence-corrected chi connectivity index (χ0v) is 15.5. The molecule has 27 heavy (non-hydrogen) atoms. The van der Waals surface area contributed by atoms with Crippen LogP contribution in [-0.2, 0) is 30.8 Å². The number of nitrogens with one attached hydrogen (secondary N) is 1. The van der Waals surface area contributed by atoms with Gasteiger partial charge in [-0.2, -0.15) is 5.10 Å². The van der Waals surface area contributed by atoms with Gasteiger partial charge in [-0.05, 0) is 31.4 Å². The number of fused-ring (bicyclic) bond motifs is 2. The summed E-state index contributed by atoms with van der Waals surface area (Å²) in [6, 6.07) is 7.82. The normalized spacial score (nSPS) is 16.9. The molecule has 8 nitrogen and oxygen atoms in total. The van der Waals surface area contributed by atoms with Gasteiger partial charge in [0.25, 0.3) is 0 Å². The van der Waals surface area contributed by atoms with E-state index in [4.69, 9.17) is 0 Å². The lowest BCUT2D eigenvalue weighted by Crippen LogP contribution is -2.37. The first-order valence-electron chi connectivity index (χ1n) is 9.51. The minimum absolute atomic E-state index is 0.0360. The van der Waals surface area contributed by atoms with Crippen molar-refractivity contribution < 1.29 is 4.79 Å². The Labute approximate surface area is 156 Å². The number of para-hydroxylation sites is 2. The number of nitrogens with zero attached hydrogens (tertiary/aromatic N) is 5. The van der Waals surface area contributed by atoms with Crippen molar-refractivity contribution in [1.82, 2.24) is 29.2 Å². The van der Waals surface area contributed by atoms with Crippen molar-refractivity contribution >= 4 is 16.9 Å². The molecule has 1 amide bonds. The highest BCUT2D eigenvalue weighted by molar-refractivity contribution is 5.80. The predicted octanol–water partition coefficient (Wildman–Crippen LogP) is 1.33. The number of benzene rings is 1. The smallest absolute Gasteiger partial charge is 0.345 e. The lowest BCUT2D eigenvalue weighted by molar-refractivity contribution is -0.122. The number of imidazole rings is 1. The average Bonchev–Trinajstić information content (AvgIpc) is 3.12. The van der Waals surface area contributed by atoms with Crippen LogP contribution in [0.2, 0.25) is 0 Å². The highest BCUT2D eigenvalue weighted by Crippen LogP contribution is 2.14. The van der Waals surface area contributed by atoms with Crippen molar-refractivity contribution in [3.05, 3.63) is 46.9 Å². The van der Waals surface area contributed by atoms with Crippen molar-refractivity contribution in [1.29, 1.82) is 0 Å². The van der Waals surface area contributed by atoms with Gasteiger partial charge >= 0.3 is 5.69 Å². The molecule has 0 spiro atoms. The van der Waals surface area contributed by atoms with Gasteiger partial charge in [0.15, 0.2) is 0 Å². The molecule has 3 aromatic rings. The number of hydrogen-bond donors (Lipinski definition) is 1. The van der Waals surface area contributed by atoms with Gasteiger partial charge in [0, 0.05) is 25.6 Å². The predicted molar refractivity (Wildman–Crippen MR) is 101 cm³/mol. The van der Waals surface area contributed by atoms with Gasteiger partial charge in [0.2, 0.25) is 5.91 Å². The fourth-order valence-electron chi connectivity index (χ4n) is 3.69. The van der Waals surface area contributed by atoms with E-state index in [0.29, 0.717) is 19.5 Å². The van der Waals surface area contributed by atoms with Gasteiger partial charge in [-0.15, -0.1) is 0 Å². The highest BCUT2D eigenvalue weighted by Gasteiger charge is 2.22. The number of hydrogen-bond acceptors (Lipinski definition) is 4. The third-order valence-electron chi connectivity index (χ3n) is 5.06. The molecule has 0 fully saturated rings. The van der Waals surface area contributed by atoms with Crippen LogP contribution in [0.25, 0.3) is 11.0 Å². The summed E-state index contributed by atoms with van der Waals surface area (Å²) >= 11 is 0. The first kappa shape index (κ1) is 17.5. The maximum Gasteiger partial charge on any atom is 0.345 e. The fraction of sp³-hybridized carbons (Fsp3) is 0.474. The zero-order valence-electron chi connectivity index (χ0n) is 15.5. The minimum Gasteiger partial charge on any atom is -0.352 e. The molecule has 1 aliphatic heterocycles. The van der Waals surface area contributed by atoms with Crippen LogP contribution in [0.1, 0.15) is 32.0 Å². The number of aromatic nitrogens is 5. The lowest BCUT2D eigenvalue weighted by Gasteiger charge is -2.16. The van der Waals surface area contributed by atoms with E-state index < -0.39 is 0 Å². The largest absolute Gasteiger partial charge is 0.352 e. The Morgan fingerprint density at radius 1 is 1.30 bits per heavy atom. The summed E-state index contributed by atoms with van der Waals surface area (Å²) in [5.41, 5.74) is 1.79. The number of amides is 1. The topological polar surface area (TPSA) is 86.7 Å². The summed E-state index contributed by atoms with van der Waals surface area (Å²) in [5.74, 6) is 0.789. The standard InChI is InChI=1S/C19H24N6O2/c1-2-10-25-19(27)24-11-9-14(7-8-17(24)22-25)21-18(26)12-23-13-20-15-5-3-4-6-16(15)23/h3-6,13-14H,2,7-12H2,1H3,(H,21,26). The van der Waals surface area contributed by atoms with Crippen molar-refractivity contribution in [3.8, 4) is 0 Å². The van der Waals surface area contributed by atoms with Crippen LogP contribution in [-0.4, -0.2) is 35.8 Å². The minimum atomic E-state index is -0.0382. The Morgan fingerprint density at radius 3 is 3.00 bits per heavy atom. The molecule has 8 heteroatoms. The Bertz CT molecular complexity index is 1010. The molecule has 1 aliphatic rings. The molecule has 142 valence electrons. The molecule has 1 N–H and O–H groups in total. The quantitative estimate of drug-likeness (QED) is 0.736. The van der Waals surface area contributed by atoms with Crippen LogP contribution in [0, 0.1) is 0 Å². The van der Waals surface area contributed by atoms with Crippen LogP contribution in [0.3, 0.4) is 0 Å². The van der Waals surface area contributed by atoms with Crippen molar-refractivity contribution in [2.45, 2.75) is 58.3 Å². The van der Waals surface area contributed by atoms with Gasteiger partial charge < -0.3 is 9.88 Å². The second-order valence-electron chi connectivity index (χ2n) is 7.03. The van der Waals surface area contributed by atoms with E-state index >= 15 is 0 Å².